The Hall–Kier alpha value is -0.850. The Morgan fingerprint density at radius 2 is 2.05 bits per heavy atom. The molecule has 0 unspecified atom stereocenters. The van der Waals surface area contributed by atoms with Gasteiger partial charge in [-0.15, -0.1) is 0 Å². The van der Waals surface area contributed by atoms with Crippen molar-refractivity contribution in [2.45, 2.75) is 24.4 Å². The van der Waals surface area contributed by atoms with Crippen LogP contribution < -0.4 is 0 Å². The topological polar surface area (TPSA) is 61.8 Å². The van der Waals surface area contributed by atoms with Gasteiger partial charge in [-0.3, -0.25) is 4.79 Å². The second kappa shape index (κ2) is 5.87. The predicted molar refractivity (Wildman–Crippen MR) is 75.4 cm³/mol. The van der Waals surface area contributed by atoms with Crippen LogP contribution in [0.2, 0.25) is 0 Å². The number of Topliss-reactive ketones (excluding diaryl/α,β-unsaturated/α-hetero) is 1. The number of rotatable bonds is 5. The Labute approximate surface area is 123 Å². The van der Waals surface area contributed by atoms with Crippen molar-refractivity contribution in [3.63, 3.8) is 0 Å². The van der Waals surface area contributed by atoms with Crippen LogP contribution in [0.5, 0.6) is 0 Å². The quantitative estimate of drug-likeness (QED) is 0.565. The van der Waals surface area contributed by atoms with Gasteiger partial charge in [-0.05, 0) is 12.2 Å². The van der Waals surface area contributed by atoms with Crippen molar-refractivity contribution < 1.29 is 23.8 Å². The zero-order valence-electron chi connectivity index (χ0n) is 12.2. The van der Waals surface area contributed by atoms with Crippen LogP contribution in [-0.2, 0) is 23.8 Å². The van der Waals surface area contributed by atoms with E-state index >= 15 is 0 Å². The van der Waals surface area contributed by atoms with E-state index in [0.717, 1.165) is 5.75 Å². The highest BCUT2D eigenvalue weighted by Crippen LogP contribution is 2.50. The maximum Gasteiger partial charge on any atom is 0.333 e. The first kappa shape index (κ1) is 15.5. The lowest BCUT2D eigenvalue weighted by atomic mass is 9.66. The summed E-state index contributed by atoms with van der Waals surface area (Å²) in [4.78, 5) is 24.6. The number of thioether (sulfide) groups is 1. The highest BCUT2D eigenvalue weighted by molar-refractivity contribution is 7.99. The summed E-state index contributed by atoms with van der Waals surface area (Å²) in [6.45, 7) is 2.06. The number of fused-ring (bicyclic) bond motifs is 2. The molecular weight excluding hydrogens is 280 g/mol. The third-order valence-electron chi connectivity index (χ3n) is 4.12. The van der Waals surface area contributed by atoms with Crippen LogP contribution in [0.25, 0.3) is 0 Å². The van der Waals surface area contributed by atoms with E-state index in [2.05, 4.69) is 6.92 Å². The predicted octanol–water partition coefficient (Wildman–Crippen LogP) is 1.42. The Morgan fingerprint density at radius 1 is 1.40 bits per heavy atom. The van der Waals surface area contributed by atoms with Gasteiger partial charge in [0.1, 0.15) is 0 Å². The fraction of sp³-hybridized carbons (Fsp3) is 0.714. The minimum atomic E-state index is -1.35. The van der Waals surface area contributed by atoms with E-state index in [0.29, 0.717) is 12.0 Å². The standard InChI is InChI=1S/C14H20O5S/c1-5-20-11-7-10-8(13(16)17-2)6-9(11)12(15)14(10,18-3)19-4/h6,9-11H,5,7H2,1-4H3/t9-,10-,11-/m1/s1. The zero-order chi connectivity index (χ0) is 14.9. The molecule has 20 heavy (non-hydrogen) atoms. The van der Waals surface area contributed by atoms with Gasteiger partial charge < -0.3 is 14.2 Å². The van der Waals surface area contributed by atoms with Crippen molar-refractivity contribution in [3.8, 4) is 0 Å². The van der Waals surface area contributed by atoms with E-state index in [9.17, 15) is 9.59 Å². The van der Waals surface area contributed by atoms with Crippen LogP contribution in [0.1, 0.15) is 13.3 Å². The van der Waals surface area contributed by atoms with E-state index in [1.165, 1.54) is 21.3 Å². The van der Waals surface area contributed by atoms with Crippen molar-refractivity contribution in [2.24, 2.45) is 11.8 Å². The largest absolute Gasteiger partial charge is 0.466 e. The van der Waals surface area contributed by atoms with Gasteiger partial charge in [-0.1, -0.05) is 13.0 Å². The lowest BCUT2D eigenvalue weighted by Crippen LogP contribution is -2.62. The molecule has 0 amide bonds. The molecule has 3 aliphatic rings. The van der Waals surface area contributed by atoms with E-state index in [1.54, 1.807) is 17.8 Å². The molecule has 5 nitrogen and oxygen atoms in total. The van der Waals surface area contributed by atoms with Gasteiger partial charge in [0, 0.05) is 25.0 Å². The summed E-state index contributed by atoms with van der Waals surface area (Å²) in [5.41, 5.74) is 0.494. The molecule has 1 fully saturated rings. The molecule has 1 saturated carbocycles. The van der Waals surface area contributed by atoms with Gasteiger partial charge in [0.15, 0.2) is 0 Å². The number of hydrogen-bond donors (Lipinski definition) is 0. The monoisotopic (exact) mass is 300 g/mol. The van der Waals surface area contributed by atoms with E-state index in [-0.39, 0.29) is 17.0 Å². The van der Waals surface area contributed by atoms with E-state index in [1.807, 2.05) is 0 Å². The molecule has 6 heteroatoms. The molecule has 0 aromatic rings. The normalized spacial score (nSPS) is 31.1. The molecule has 0 saturated heterocycles. The number of methoxy groups -OCH3 is 3. The molecule has 0 heterocycles. The van der Waals surface area contributed by atoms with Crippen molar-refractivity contribution in [2.75, 3.05) is 27.1 Å². The van der Waals surface area contributed by atoms with Crippen LogP contribution in [0, 0.1) is 11.8 Å². The summed E-state index contributed by atoms with van der Waals surface area (Å²) in [7, 11) is 4.23. The minimum absolute atomic E-state index is 0.0997. The average Bonchev–Trinajstić information content (AvgIpc) is 2.48. The first-order valence-electron chi connectivity index (χ1n) is 6.61. The second-order valence-electron chi connectivity index (χ2n) is 4.86. The molecule has 0 radical (unpaired) electrons. The second-order valence-corrected chi connectivity index (χ2v) is 6.38. The van der Waals surface area contributed by atoms with Crippen LogP contribution in [-0.4, -0.2) is 49.9 Å². The number of ketones is 1. The molecule has 0 spiro atoms. The Morgan fingerprint density at radius 3 is 2.55 bits per heavy atom. The summed E-state index contributed by atoms with van der Waals surface area (Å²) < 4.78 is 15.6. The van der Waals surface area contributed by atoms with Crippen molar-refractivity contribution in [3.05, 3.63) is 11.6 Å². The maximum absolute atomic E-state index is 12.7. The van der Waals surface area contributed by atoms with Gasteiger partial charge in [0.2, 0.25) is 11.6 Å². The van der Waals surface area contributed by atoms with Crippen LogP contribution in [0.15, 0.2) is 11.6 Å². The number of esters is 1. The summed E-state index contributed by atoms with van der Waals surface area (Å²) in [5.74, 6) is -1.71. The first-order chi connectivity index (χ1) is 9.55. The van der Waals surface area contributed by atoms with Crippen LogP contribution >= 0.6 is 11.8 Å². The summed E-state index contributed by atoms with van der Waals surface area (Å²) >= 11 is 1.73. The molecule has 0 aromatic carbocycles. The third-order valence-corrected chi connectivity index (χ3v) is 5.36. The molecule has 0 aliphatic heterocycles. The lowest BCUT2D eigenvalue weighted by molar-refractivity contribution is -0.237. The van der Waals surface area contributed by atoms with Gasteiger partial charge in [0.05, 0.1) is 18.9 Å². The maximum atomic E-state index is 12.7. The SMILES string of the molecule is CCS[C@@H]1C[C@@H]2C(C(=O)OC)=C[C@H]1C(=O)C2(OC)OC. The molecule has 112 valence electrons. The number of ether oxygens (including phenoxy) is 3. The Kier molecular flexibility index (Phi) is 4.56. The molecule has 3 aliphatic carbocycles. The van der Waals surface area contributed by atoms with Crippen LogP contribution in [0.3, 0.4) is 0 Å². The fourth-order valence-corrected chi connectivity index (χ4v) is 4.38. The number of carbonyl (C=O) groups excluding carboxylic acids is 2. The Balaban J connectivity index is 2.45. The smallest absolute Gasteiger partial charge is 0.333 e. The van der Waals surface area contributed by atoms with Crippen molar-refractivity contribution >= 4 is 23.5 Å². The number of hydrogen-bond acceptors (Lipinski definition) is 6. The van der Waals surface area contributed by atoms with Gasteiger partial charge in [0.25, 0.3) is 0 Å². The summed E-state index contributed by atoms with van der Waals surface area (Å²) in [6, 6.07) is 0. The highest BCUT2D eigenvalue weighted by Gasteiger charge is 2.61. The molecular formula is C14H20O5S. The average molecular weight is 300 g/mol. The van der Waals surface area contributed by atoms with Gasteiger partial charge >= 0.3 is 5.97 Å². The molecule has 3 atom stereocenters. The fourth-order valence-electron chi connectivity index (χ4n) is 3.21. The first-order valence-corrected chi connectivity index (χ1v) is 7.66. The summed E-state index contributed by atoms with van der Waals surface area (Å²) in [6.07, 6.45) is 2.42. The van der Waals surface area contributed by atoms with Crippen molar-refractivity contribution in [1.82, 2.24) is 0 Å². The Bertz CT molecular complexity index is 441. The lowest BCUT2D eigenvalue weighted by Gasteiger charge is -2.49. The van der Waals surface area contributed by atoms with Gasteiger partial charge in [-0.2, -0.15) is 11.8 Å². The summed E-state index contributed by atoms with van der Waals surface area (Å²) in [5, 5.41) is 0.171. The molecule has 0 aromatic heterocycles. The number of allylic oxidation sites excluding steroid dienone is 1. The van der Waals surface area contributed by atoms with E-state index < -0.39 is 17.7 Å². The number of carbonyl (C=O) groups is 2. The molecule has 0 N–H and O–H groups in total. The molecule has 2 bridgehead atoms. The molecule has 3 rings (SSSR count). The third kappa shape index (κ3) is 2.10. The van der Waals surface area contributed by atoms with Crippen molar-refractivity contribution in [1.29, 1.82) is 0 Å². The van der Waals surface area contributed by atoms with Crippen LogP contribution in [0.4, 0.5) is 0 Å². The van der Waals surface area contributed by atoms with E-state index in [4.69, 9.17) is 14.2 Å². The minimum Gasteiger partial charge on any atom is -0.466 e. The highest BCUT2D eigenvalue weighted by atomic mass is 32.2. The van der Waals surface area contributed by atoms with Gasteiger partial charge in [-0.25, -0.2) is 4.79 Å². The zero-order valence-corrected chi connectivity index (χ0v) is 13.0.